The number of methoxy groups -OCH3 is 2. The standard InChI is InChI=1S/C19H36O6Si3/c1-21-18-15-16(12-13-17(18)23-19(20)22-2)11-10-14-27(6,7)25-28(8,9)24-26(3,4)5/h12-13,15H,10-11,14H2,1-9H3. The fourth-order valence-corrected chi connectivity index (χ4v) is 16.5. The first-order valence-electron chi connectivity index (χ1n) is 9.60. The summed E-state index contributed by atoms with van der Waals surface area (Å²) in [6, 6.07) is 6.65. The van der Waals surface area contributed by atoms with E-state index >= 15 is 0 Å². The minimum atomic E-state index is -2.10. The molecule has 0 amide bonds. The predicted molar refractivity (Wildman–Crippen MR) is 120 cm³/mol. The molecule has 1 aromatic carbocycles. The molecule has 0 atom stereocenters. The van der Waals surface area contributed by atoms with E-state index in [1.807, 2.05) is 12.1 Å². The quantitative estimate of drug-likeness (QED) is 0.268. The van der Waals surface area contributed by atoms with Crippen molar-refractivity contribution in [1.29, 1.82) is 0 Å². The molecule has 6 nitrogen and oxygen atoms in total. The summed E-state index contributed by atoms with van der Waals surface area (Å²) < 4.78 is 27.8. The van der Waals surface area contributed by atoms with E-state index in [9.17, 15) is 4.79 Å². The Morgan fingerprint density at radius 2 is 1.57 bits per heavy atom. The number of aryl methyl sites for hydroxylation is 1. The molecule has 0 heterocycles. The van der Waals surface area contributed by atoms with Gasteiger partial charge < -0.3 is 22.4 Å². The zero-order valence-electron chi connectivity index (χ0n) is 18.8. The van der Waals surface area contributed by atoms with Crippen molar-refractivity contribution in [3.8, 4) is 11.5 Å². The number of carbonyl (C=O) groups excluding carboxylic acids is 1. The lowest BCUT2D eigenvalue weighted by Gasteiger charge is -2.37. The lowest BCUT2D eigenvalue weighted by atomic mass is 10.1. The van der Waals surface area contributed by atoms with E-state index < -0.39 is 31.4 Å². The van der Waals surface area contributed by atoms with Gasteiger partial charge in [-0.1, -0.05) is 6.07 Å². The molecule has 1 aromatic rings. The van der Waals surface area contributed by atoms with E-state index in [0.29, 0.717) is 11.5 Å². The number of rotatable bonds is 10. The Hall–Kier alpha value is -1.14. The van der Waals surface area contributed by atoms with Gasteiger partial charge in [0.25, 0.3) is 0 Å². The van der Waals surface area contributed by atoms with Crippen LogP contribution in [0.25, 0.3) is 0 Å². The van der Waals surface area contributed by atoms with E-state index in [1.165, 1.54) is 7.11 Å². The maximum absolute atomic E-state index is 11.3. The fourth-order valence-electron chi connectivity index (χ4n) is 3.28. The topological polar surface area (TPSA) is 63.2 Å². The normalized spacial score (nSPS) is 12.6. The molecule has 0 saturated carbocycles. The predicted octanol–water partition coefficient (Wildman–Crippen LogP) is 5.55. The van der Waals surface area contributed by atoms with Crippen LogP contribution in [-0.4, -0.2) is 45.6 Å². The first kappa shape index (κ1) is 24.9. The van der Waals surface area contributed by atoms with Crippen LogP contribution in [0.3, 0.4) is 0 Å². The van der Waals surface area contributed by atoms with Crippen molar-refractivity contribution in [2.45, 2.75) is 64.7 Å². The van der Waals surface area contributed by atoms with Gasteiger partial charge in [-0.3, -0.25) is 0 Å². The van der Waals surface area contributed by atoms with Crippen molar-refractivity contribution in [2.75, 3.05) is 14.2 Å². The lowest BCUT2D eigenvalue weighted by Crippen LogP contribution is -2.51. The first-order valence-corrected chi connectivity index (χ1v) is 18.9. The van der Waals surface area contributed by atoms with Crippen LogP contribution in [0.15, 0.2) is 18.2 Å². The van der Waals surface area contributed by atoms with Crippen LogP contribution >= 0.6 is 0 Å². The highest BCUT2D eigenvalue weighted by molar-refractivity contribution is 6.87. The summed E-state index contributed by atoms with van der Waals surface area (Å²) >= 11 is 0. The second kappa shape index (κ2) is 10.1. The summed E-state index contributed by atoms with van der Waals surface area (Å²) in [5, 5.41) is 0. The van der Waals surface area contributed by atoms with E-state index in [4.69, 9.17) is 17.7 Å². The summed E-state index contributed by atoms with van der Waals surface area (Å²) in [5.41, 5.74) is 1.13. The zero-order valence-corrected chi connectivity index (χ0v) is 21.8. The van der Waals surface area contributed by atoms with Gasteiger partial charge in [0.15, 0.2) is 28.1 Å². The van der Waals surface area contributed by atoms with Crippen LogP contribution in [0.5, 0.6) is 11.5 Å². The smallest absolute Gasteiger partial charge is 0.493 e. The number of hydrogen-bond acceptors (Lipinski definition) is 6. The Labute approximate surface area is 173 Å². The third-order valence-corrected chi connectivity index (χ3v) is 14.1. The van der Waals surface area contributed by atoms with Gasteiger partial charge in [0.1, 0.15) is 0 Å². The monoisotopic (exact) mass is 444 g/mol. The molecule has 0 N–H and O–H groups in total. The minimum Gasteiger partial charge on any atom is -0.493 e. The molecule has 0 spiro atoms. The summed E-state index contributed by atoms with van der Waals surface area (Å²) in [6.07, 6.45) is 1.17. The lowest BCUT2D eigenvalue weighted by molar-refractivity contribution is 0.120. The van der Waals surface area contributed by atoms with E-state index in [2.05, 4.69) is 50.6 Å². The van der Waals surface area contributed by atoms with Crippen LogP contribution in [0.1, 0.15) is 12.0 Å². The van der Waals surface area contributed by atoms with E-state index in [-0.39, 0.29) is 0 Å². The average molecular weight is 445 g/mol. The van der Waals surface area contributed by atoms with Crippen LogP contribution < -0.4 is 9.47 Å². The number of carbonyl (C=O) groups is 1. The molecule has 9 heteroatoms. The van der Waals surface area contributed by atoms with Crippen LogP contribution in [0.2, 0.25) is 51.9 Å². The van der Waals surface area contributed by atoms with Gasteiger partial charge in [0, 0.05) is 0 Å². The second-order valence-electron chi connectivity index (χ2n) is 8.87. The van der Waals surface area contributed by atoms with Crippen molar-refractivity contribution in [3.05, 3.63) is 23.8 Å². The van der Waals surface area contributed by atoms with Crippen LogP contribution in [0.4, 0.5) is 4.79 Å². The highest BCUT2D eigenvalue weighted by Gasteiger charge is 2.37. The Kier molecular flexibility index (Phi) is 8.94. The maximum Gasteiger partial charge on any atom is 0.513 e. The van der Waals surface area contributed by atoms with Crippen LogP contribution in [0, 0.1) is 0 Å². The van der Waals surface area contributed by atoms with Gasteiger partial charge in [-0.05, 0) is 82.4 Å². The molecule has 0 aliphatic carbocycles. The van der Waals surface area contributed by atoms with Crippen molar-refractivity contribution in [1.82, 2.24) is 0 Å². The maximum atomic E-state index is 11.3. The molecule has 1 rings (SSSR count). The molecule has 0 radical (unpaired) electrons. The van der Waals surface area contributed by atoms with Gasteiger partial charge in [0.2, 0.25) is 0 Å². The van der Waals surface area contributed by atoms with Gasteiger partial charge in [0.05, 0.1) is 14.2 Å². The number of hydrogen-bond donors (Lipinski definition) is 0. The van der Waals surface area contributed by atoms with Crippen molar-refractivity contribution in [2.24, 2.45) is 0 Å². The highest BCUT2D eigenvalue weighted by atomic mass is 28.5. The largest absolute Gasteiger partial charge is 0.513 e. The summed E-state index contributed by atoms with van der Waals surface area (Å²) in [6.45, 7) is 15.5. The Morgan fingerprint density at radius 1 is 0.929 bits per heavy atom. The molecule has 28 heavy (non-hydrogen) atoms. The molecular formula is C19H36O6Si3. The molecule has 0 aromatic heterocycles. The molecule has 0 aliphatic rings. The minimum absolute atomic E-state index is 0.354. The highest BCUT2D eigenvalue weighted by Crippen LogP contribution is 2.30. The fraction of sp³-hybridized carbons (Fsp3) is 0.632. The molecule has 0 fully saturated rings. The third-order valence-electron chi connectivity index (χ3n) is 3.91. The van der Waals surface area contributed by atoms with E-state index in [1.54, 1.807) is 13.2 Å². The van der Waals surface area contributed by atoms with Crippen molar-refractivity contribution in [3.63, 3.8) is 0 Å². The summed E-state index contributed by atoms with van der Waals surface area (Å²) in [5.74, 6) is 0.875. The second-order valence-corrected chi connectivity index (χ2v) is 21.5. The first-order chi connectivity index (χ1) is 12.8. The summed E-state index contributed by atoms with van der Waals surface area (Å²) in [7, 11) is -2.69. The number of ether oxygens (including phenoxy) is 3. The molecule has 160 valence electrons. The molecule has 0 unspecified atom stereocenters. The Bertz CT molecular complexity index is 656. The Balaban J connectivity index is 2.65. The van der Waals surface area contributed by atoms with Gasteiger partial charge in [-0.2, -0.15) is 0 Å². The Morgan fingerprint density at radius 3 is 2.11 bits per heavy atom. The molecule has 0 aliphatic heterocycles. The third kappa shape index (κ3) is 9.37. The number of benzene rings is 1. The SMILES string of the molecule is COC(=O)Oc1ccc(CCC[Si](C)(C)O[Si](C)(C)O[Si](C)(C)C)cc1OC. The van der Waals surface area contributed by atoms with E-state index in [0.717, 1.165) is 24.4 Å². The molecular weight excluding hydrogens is 408 g/mol. The zero-order chi connectivity index (χ0) is 21.6. The molecule has 0 bridgehead atoms. The van der Waals surface area contributed by atoms with Crippen molar-refractivity contribution >= 4 is 31.4 Å². The van der Waals surface area contributed by atoms with Crippen molar-refractivity contribution < 1.29 is 27.2 Å². The summed E-state index contributed by atoms with van der Waals surface area (Å²) in [4.78, 5) is 11.3. The average Bonchev–Trinajstić information content (AvgIpc) is 2.52. The van der Waals surface area contributed by atoms with Crippen LogP contribution in [-0.2, 0) is 19.4 Å². The molecule has 0 saturated heterocycles. The van der Waals surface area contributed by atoms with Gasteiger partial charge in [-0.25, -0.2) is 4.79 Å². The van der Waals surface area contributed by atoms with Gasteiger partial charge >= 0.3 is 14.7 Å². The van der Waals surface area contributed by atoms with Gasteiger partial charge in [-0.15, -0.1) is 0 Å².